The van der Waals surface area contributed by atoms with Gasteiger partial charge in [-0.2, -0.15) is 0 Å². The second-order valence-corrected chi connectivity index (χ2v) is 6.46. The van der Waals surface area contributed by atoms with Gasteiger partial charge in [0, 0.05) is 30.4 Å². The van der Waals surface area contributed by atoms with Gasteiger partial charge < -0.3 is 10.3 Å². The van der Waals surface area contributed by atoms with Gasteiger partial charge in [-0.15, -0.1) is 0 Å². The summed E-state index contributed by atoms with van der Waals surface area (Å²) < 4.78 is 13.7. The minimum absolute atomic E-state index is 0.0883. The van der Waals surface area contributed by atoms with Gasteiger partial charge in [0.25, 0.3) is 11.1 Å². The van der Waals surface area contributed by atoms with Crippen LogP contribution in [0.5, 0.6) is 0 Å². The van der Waals surface area contributed by atoms with Crippen molar-refractivity contribution in [1.82, 2.24) is 20.2 Å². The van der Waals surface area contributed by atoms with E-state index in [4.69, 9.17) is 0 Å². The van der Waals surface area contributed by atoms with Crippen molar-refractivity contribution in [3.63, 3.8) is 0 Å². The molecule has 0 atom stereocenters. The third-order valence-corrected chi connectivity index (χ3v) is 4.55. The van der Waals surface area contributed by atoms with Gasteiger partial charge in [-0.1, -0.05) is 18.2 Å². The molecule has 9 heteroatoms. The summed E-state index contributed by atoms with van der Waals surface area (Å²) in [6.45, 7) is -0.0232. The zero-order valence-electron chi connectivity index (χ0n) is 13.6. The molecule has 1 aromatic carbocycles. The highest BCUT2D eigenvalue weighted by molar-refractivity contribution is 8.18. The molecular weight excluding hydrogens is 359 g/mol. The van der Waals surface area contributed by atoms with E-state index in [-0.39, 0.29) is 17.0 Å². The smallest absolute Gasteiger partial charge is 0.294 e. The summed E-state index contributed by atoms with van der Waals surface area (Å²) in [6, 6.07) is 5.94. The maximum absolute atomic E-state index is 13.7. The number of aromatic amines is 1. The number of carbonyl (C=O) groups is 3. The quantitative estimate of drug-likeness (QED) is 0.754. The molecule has 0 aliphatic carbocycles. The Morgan fingerprint density at radius 2 is 2.15 bits per heavy atom. The maximum Gasteiger partial charge on any atom is 0.294 e. The summed E-state index contributed by atoms with van der Waals surface area (Å²) in [6.07, 6.45) is 5.06. The lowest BCUT2D eigenvalue weighted by Gasteiger charge is -2.12. The Balaban J connectivity index is 1.58. The number of amides is 3. The Bertz CT molecular complexity index is 867. The van der Waals surface area contributed by atoms with Crippen molar-refractivity contribution in [1.29, 1.82) is 0 Å². The highest BCUT2D eigenvalue weighted by atomic mass is 32.2. The molecule has 0 radical (unpaired) electrons. The average molecular weight is 374 g/mol. The number of rotatable bonds is 6. The van der Waals surface area contributed by atoms with Crippen molar-refractivity contribution < 1.29 is 18.8 Å². The molecule has 1 aromatic heterocycles. The molecule has 3 amide bonds. The number of nitrogens with one attached hydrogen (secondary N) is 2. The topological polar surface area (TPSA) is 95.2 Å². The van der Waals surface area contributed by atoms with Gasteiger partial charge in [0.2, 0.25) is 5.91 Å². The van der Waals surface area contributed by atoms with Crippen LogP contribution in [0.3, 0.4) is 0 Å². The van der Waals surface area contributed by atoms with Gasteiger partial charge in [-0.3, -0.25) is 19.3 Å². The number of hydrogen-bond acceptors (Lipinski definition) is 5. The fourth-order valence-corrected chi connectivity index (χ4v) is 3.16. The van der Waals surface area contributed by atoms with Crippen LogP contribution >= 0.6 is 11.8 Å². The fraction of sp³-hybridized carbons (Fsp3) is 0.176. The van der Waals surface area contributed by atoms with Gasteiger partial charge in [0.1, 0.15) is 12.4 Å². The Morgan fingerprint density at radius 1 is 1.35 bits per heavy atom. The lowest BCUT2D eigenvalue weighted by atomic mass is 10.2. The first kappa shape index (κ1) is 17.9. The summed E-state index contributed by atoms with van der Waals surface area (Å²) in [5.74, 6) is -1.54. The van der Waals surface area contributed by atoms with Crippen molar-refractivity contribution in [3.8, 4) is 0 Å². The highest BCUT2D eigenvalue weighted by Gasteiger charge is 2.36. The van der Waals surface area contributed by atoms with E-state index < -0.39 is 22.9 Å². The van der Waals surface area contributed by atoms with Gasteiger partial charge in [-0.05, 0) is 23.9 Å². The van der Waals surface area contributed by atoms with E-state index in [1.165, 1.54) is 24.3 Å². The van der Waals surface area contributed by atoms with Crippen molar-refractivity contribution in [2.24, 2.45) is 0 Å². The number of nitrogens with zero attached hydrogens (tertiary/aromatic N) is 2. The first-order chi connectivity index (χ1) is 12.5. The van der Waals surface area contributed by atoms with E-state index in [2.05, 4.69) is 15.3 Å². The van der Waals surface area contributed by atoms with Gasteiger partial charge in [0.15, 0.2) is 0 Å². The zero-order chi connectivity index (χ0) is 18.5. The van der Waals surface area contributed by atoms with Crippen molar-refractivity contribution in [2.45, 2.75) is 6.42 Å². The van der Waals surface area contributed by atoms with E-state index in [0.717, 1.165) is 10.6 Å². The summed E-state index contributed by atoms with van der Waals surface area (Å²) in [5.41, 5.74) is 1.08. The molecule has 2 heterocycles. The Kier molecular flexibility index (Phi) is 5.47. The molecule has 3 rings (SSSR count). The van der Waals surface area contributed by atoms with Crippen LogP contribution in [0.2, 0.25) is 0 Å². The second kappa shape index (κ2) is 7.96. The molecule has 0 bridgehead atoms. The van der Waals surface area contributed by atoms with Crippen LogP contribution in [-0.4, -0.2) is 45.0 Å². The van der Waals surface area contributed by atoms with E-state index in [1.807, 2.05) is 0 Å². The molecule has 134 valence electrons. The SMILES string of the molecule is O=C(CN1C(=O)S/C(=C\c2ccccc2F)C1=O)NCCc1cnc[nH]1. The van der Waals surface area contributed by atoms with E-state index >= 15 is 0 Å². The number of carbonyl (C=O) groups excluding carboxylic acids is 3. The highest BCUT2D eigenvalue weighted by Crippen LogP contribution is 2.32. The van der Waals surface area contributed by atoms with Crippen LogP contribution in [0, 0.1) is 5.82 Å². The van der Waals surface area contributed by atoms with E-state index in [1.54, 1.807) is 18.6 Å². The Hall–Kier alpha value is -2.94. The predicted molar refractivity (Wildman–Crippen MR) is 94.4 cm³/mol. The van der Waals surface area contributed by atoms with Crippen LogP contribution in [0.1, 0.15) is 11.3 Å². The fourth-order valence-electron chi connectivity index (χ4n) is 2.33. The second-order valence-electron chi connectivity index (χ2n) is 5.47. The first-order valence-corrected chi connectivity index (χ1v) is 8.60. The van der Waals surface area contributed by atoms with Crippen LogP contribution in [-0.2, 0) is 16.0 Å². The first-order valence-electron chi connectivity index (χ1n) is 7.78. The molecule has 0 unspecified atom stereocenters. The molecule has 0 saturated carbocycles. The summed E-state index contributed by atoms with van der Waals surface area (Å²) in [4.78, 5) is 44.0. The van der Waals surface area contributed by atoms with Crippen molar-refractivity contribution in [2.75, 3.05) is 13.1 Å². The number of H-pyrrole nitrogens is 1. The predicted octanol–water partition coefficient (Wildman–Crippen LogP) is 1.94. The molecule has 1 saturated heterocycles. The largest absolute Gasteiger partial charge is 0.354 e. The van der Waals surface area contributed by atoms with Crippen LogP contribution in [0.25, 0.3) is 6.08 Å². The summed E-state index contributed by atoms with van der Waals surface area (Å²) in [7, 11) is 0. The van der Waals surface area contributed by atoms with Gasteiger partial charge >= 0.3 is 0 Å². The molecule has 1 aliphatic heterocycles. The minimum atomic E-state index is -0.605. The molecule has 7 nitrogen and oxygen atoms in total. The number of halogens is 1. The third-order valence-electron chi connectivity index (χ3n) is 3.64. The van der Waals surface area contributed by atoms with Crippen molar-refractivity contribution >= 4 is 34.9 Å². The number of imidazole rings is 1. The number of imide groups is 1. The van der Waals surface area contributed by atoms with Gasteiger partial charge in [-0.25, -0.2) is 9.37 Å². The van der Waals surface area contributed by atoms with E-state index in [9.17, 15) is 18.8 Å². The van der Waals surface area contributed by atoms with E-state index in [0.29, 0.717) is 24.7 Å². The Morgan fingerprint density at radius 3 is 2.88 bits per heavy atom. The van der Waals surface area contributed by atoms with Gasteiger partial charge in [0.05, 0.1) is 11.2 Å². The number of hydrogen-bond donors (Lipinski definition) is 2. The number of benzene rings is 1. The van der Waals surface area contributed by atoms with Crippen LogP contribution < -0.4 is 5.32 Å². The average Bonchev–Trinajstić information content (AvgIpc) is 3.21. The minimum Gasteiger partial charge on any atom is -0.354 e. The molecule has 1 fully saturated rings. The lowest BCUT2D eigenvalue weighted by molar-refractivity contribution is -0.129. The number of aromatic nitrogens is 2. The number of thioether (sulfide) groups is 1. The summed E-state index contributed by atoms with van der Waals surface area (Å²) in [5, 5.41) is 2.09. The van der Waals surface area contributed by atoms with Crippen LogP contribution in [0.15, 0.2) is 41.7 Å². The standard InChI is InChI=1S/C17H15FN4O3S/c18-13-4-2-1-3-11(13)7-14-16(24)22(17(25)26-14)9-15(23)20-6-5-12-8-19-10-21-12/h1-4,7-8,10H,5-6,9H2,(H,19,21)(H,20,23)/b14-7-. The normalized spacial score (nSPS) is 15.7. The molecule has 2 N–H and O–H groups in total. The molecule has 1 aliphatic rings. The molecular formula is C17H15FN4O3S. The maximum atomic E-state index is 13.7. The zero-order valence-corrected chi connectivity index (χ0v) is 14.4. The Labute approximate surface area is 152 Å². The third kappa shape index (κ3) is 4.17. The summed E-state index contributed by atoms with van der Waals surface area (Å²) >= 11 is 0.688. The monoisotopic (exact) mass is 374 g/mol. The van der Waals surface area contributed by atoms with Crippen molar-refractivity contribution in [3.05, 3.63) is 58.8 Å². The molecule has 26 heavy (non-hydrogen) atoms. The molecule has 2 aromatic rings. The van der Waals surface area contributed by atoms with Crippen LogP contribution in [0.4, 0.5) is 9.18 Å². The lowest BCUT2D eigenvalue weighted by Crippen LogP contribution is -2.40. The molecule has 0 spiro atoms.